The molecule has 328 valence electrons. The Hall–Kier alpha value is -0.930. The molecule has 6 saturated carbocycles. The zero-order valence-electron chi connectivity index (χ0n) is 39.3. The Labute approximate surface area is 357 Å². The van der Waals surface area contributed by atoms with E-state index < -0.39 is 12.2 Å². The van der Waals surface area contributed by atoms with E-state index >= 15 is 4.79 Å². The average molecular weight is 799 g/mol. The van der Waals surface area contributed by atoms with Crippen LogP contribution in [0.25, 0.3) is 0 Å². The lowest BCUT2D eigenvalue weighted by molar-refractivity contribution is -0.152. The predicted octanol–water partition coefficient (Wildman–Crippen LogP) is 13.8. The SMILES string of the molecule is CC(C)CCC[C@@H](C)[C@H]1CC[C@H]2[C@@H]3CC=C4C[C@@H](O)CC(C(=O)C5C[C@H](O)CC6=CC[C@H]7[C@@H]8CC[C@H]([C@H](C)CCCC(C)C)[C@@]8(C)CC[C@@H]7[C@]65C)[C@]4(C)[C@H]3CC[C@]12C. The van der Waals surface area contributed by atoms with Crippen LogP contribution >= 0.6 is 0 Å². The van der Waals surface area contributed by atoms with Gasteiger partial charge in [-0.15, -0.1) is 0 Å². The van der Waals surface area contributed by atoms with Crippen LogP contribution in [0.2, 0.25) is 0 Å². The Morgan fingerprint density at radius 3 is 1.36 bits per heavy atom. The summed E-state index contributed by atoms with van der Waals surface area (Å²) >= 11 is 0. The summed E-state index contributed by atoms with van der Waals surface area (Å²) in [4.78, 5) is 16.0. The van der Waals surface area contributed by atoms with Crippen molar-refractivity contribution in [3.05, 3.63) is 23.3 Å². The number of allylic oxidation sites excluding steroid dienone is 2. The van der Waals surface area contributed by atoms with Crippen molar-refractivity contribution < 1.29 is 15.0 Å². The van der Waals surface area contributed by atoms with Gasteiger partial charge in [-0.1, -0.05) is 131 Å². The van der Waals surface area contributed by atoms with Crippen LogP contribution in [-0.4, -0.2) is 28.2 Å². The molecule has 0 heterocycles. The van der Waals surface area contributed by atoms with E-state index in [2.05, 4.69) is 81.4 Å². The van der Waals surface area contributed by atoms with Crippen molar-refractivity contribution in [3.63, 3.8) is 0 Å². The van der Waals surface area contributed by atoms with Crippen molar-refractivity contribution >= 4 is 5.78 Å². The normalized spacial score (nSPS) is 48.2. The number of hydrogen-bond donors (Lipinski definition) is 2. The maximum absolute atomic E-state index is 16.0. The Kier molecular flexibility index (Phi) is 12.3. The molecule has 0 aromatic rings. The van der Waals surface area contributed by atoms with Gasteiger partial charge in [-0.2, -0.15) is 0 Å². The molecule has 0 aromatic heterocycles. The predicted molar refractivity (Wildman–Crippen MR) is 241 cm³/mol. The molecule has 0 aromatic carbocycles. The molecule has 0 spiro atoms. The Morgan fingerprint density at radius 1 is 0.586 bits per heavy atom. The number of ketones is 1. The fourth-order valence-electron chi connectivity index (χ4n) is 18.6. The molecule has 2 unspecified atom stereocenters. The molecule has 2 N–H and O–H groups in total. The summed E-state index contributed by atoms with van der Waals surface area (Å²) in [5.74, 6) is 8.75. The highest BCUT2D eigenvalue weighted by Crippen LogP contribution is 2.71. The Balaban J connectivity index is 1.05. The first-order valence-electron chi connectivity index (χ1n) is 25.7. The first-order valence-corrected chi connectivity index (χ1v) is 25.7. The minimum Gasteiger partial charge on any atom is -0.393 e. The average Bonchev–Trinajstić information content (AvgIpc) is 3.71. The quantitative estimate of drug-likeness (QED) is 0.193. The van der Waals surface area contributed by atoms with E-state index in [4.69, 9.17) is 0 Å². The highest BCUT2D eigenvalue weighted by molar-refractivity contribution is 5.87. The van der Waals surface area contributed by atoms with E-state index in [1.165, 1.54) is 101 Å². The number of rotatable bonds is 12. The monoisotopic (exact) mass is 799 g/mol. The molecule has 8 rings (SSSR count). The highest BCUT2D eigenvalue weighted by atomic mass is 16.3. The van der Waals surface area contributed by atoms with Crippen molar-refractivity contribution in [2.24, 2.45) is 105 Å². The number of fused-ring (bicyclic) bond motifs is 10. The third-order valence-corrected chi connectivity index (χ3v) is 21.5. The van der Waals surface area contributed by atoms with Crippen molar-refractivity contribution in [2.75, 3.05) is 0 Å². The zero-order chi connectivity index (χ0) is 41.5. The lowest BCUT2D eigenvalue weighted by Gasteiger charge is -2.62. The summed E-state index contributed by atoms with van der Waals surface area (Å²) in [6.45, 7) is 25.0. The van der Waals surface area contributed by atoms with E-state index in [1.807, 2.05) is 0 Å². The van der Waals surface area contributed by atoms with Gasteiger partial charge < -0.3 is 10.2 Å². The van der Waals surface area contributed by atoms with Gasteiger partial charge in [-0.3, -0.25) is 4.79 Å². The number of aliphatic hydroxyl groups excluding tert-OH is 2. The maximum Gasteiger partial charge on any atom is 0.140 e. The fraction of sp³-hybridized carbons (Fsp3) is 0.909. The largest absolute Gasteiger partial charge is 0.393 e. The third-order valence-electron chi connectivity index (χ3n) is 21.5. The second-order valence-electron chi connectivity index (χ2n) is 25.0. The van der Waals surface area contributed by atoms with Gasteiger partial charge in [0.15, 0.2) is 0 Å². The maximum atomic E-state index is 16.0. The molecule has 3 heteroatoms. The van der Waals surface area contributed by atoms with Gasteiger partial charge in [0.05, 0.1) is 12.2 Å². The van der Waals surface area contributed by atoms with Crippen molar-refractivity contribution in [1.29, 1.82) is 0 Å². The van der Waals surface area contributed by atoms with Gasteiger partial charge in [-0.25, -0.2) is 0 Å². The van der Waals surface area contributed by atoms with Crippen LogP contribution in [0.3, 0.4) is 0 Å². The van der Waals surface area contributed by atoms with Gasteiger partial charge in [0, 0.05) is 22.7 Å². The summed E-state index contributed by atoms with van der Waals surface area (Å²) < 4.78 is 0. The van der Waals surface area contributed by atoms with Gasteiger partial charge in [-0.05, 0) is 172 Å². The number of carbonyl (C=O) groups is 1. The lowest BCUT2D eigenvalue weighted by Crippen LogP contribution is -2.59. The fourth-order valence-corrected chi connectivity index (χ4v) is 18.6. The number of carbonyl (C=O) groups excluding carboxylic acids is 1. The van der Waals surface area contributed by atoms with Crippen LogP contribution in [0.1, 0.15) is 198 Å². The zero-order valence-corrected chi connectivity index (χ0v) is 39.3. The first-order chi connectivity index (χ1) is 27.4. The lowest BCUT2D eigenvalue weighted by atomic mass is 9.41. The summed E-state index contributed by atoms with van der Waals surface area (Å²) in [6, 6.07) is 0. The second kappa shape index (κ2) is 16.3. The van der Waals surface area contributed by atoms with E-state index in [0.717, 1.165) is 73.0 Å². The van der Waals surface area contributed by atoms with E-state index in [9.17, 15) is 10.2 Å². The number of hydrogen-bond acceptors (Lipinski definition) is 3. The molecule has 0 radical (unpaired) electrons. The van der Waals surface area contributed by atoms with Crippen molar-refractivity contribution in [1.82, 2.24) is 0 Å². The van der Waals surface area contributed by atoms with Crippen LogP contribution in [0.15, 0.2) is 23.3 Å². The van der Waals surface area contributed by atoms with Gasteiger partial charge in [0.25, 0.3) is 0 Å². The van der Waals surface area contributed by atoms with Crippen molar-refractivity contribution in [3.8, 4) is 0 Å². The van der Waals surface area contributed by atoms with Crippen molar-refractivity contribution in [2.45, 2.75) is 210 Å². The molecule has 3 nitrogen and oxygen atoms in total. The molecule has 6 fully saturated rings. The van der Waals surface area contributed by atoms with Crippen LogP contribution in [0.4, 0.5) is 0 Å². The van der Waals surface area contributed by atoms with Crippen LogP contribution in [0, 0.1) is 105 Å². The molecule has 0 amide bonds. The number of aliphatic hydroxyl groups is 2. The van der Waals surface area contributed by atoms with E-state index in [-0.39, 0.29) is 22.7 Å². The minimum atomic E-state index is -0.440. The van der Waals surface area contributed by atoms with Crippen LogP contribution < -0.4 is 0 Å². The van der Waals surface area contributed by atoms with Crippen LogP contribution in [0.5, 0.6) is 0 Å². The van der Waals surface area contributed by atoms with Gasteiger partial charge in [0.1, 0.15) is 5.78 Å². The standard InChI is InChI=1S/C55H90O3/c1-33(2)13-11-15-35(5)43-21-23-45-41-19-17-37-29-39(56)31-49(54(37,9)47(41)25-27-52(43,45)7)51(58)50-32-40(57)30-38-18-20-42-46-24-22-44(36(6)16-12-14-34(3)4)53(46,8)28-26-48(42)55(38,50)10/h17-18,33-36,39-50,56-57H,11-16,19-32H2,1-10H3/t35-,36-,39-,40-,41+,42+,43-,44-,45+,46+,47+,48+,49?,50?,52-,53-,54+,55+/m1/s1. The molecule has 58 heavy (non-hydrogen) atoms. The summed E-state index contributed by atoms with van der Waals surface area (Å²) in [5, 5.41) is 23.3. The highest BCUT2D eigenvalue weighted by Gasteiger charge is 2.66. The van der Waals surface area contributed by atoms with Gasteiger partial charge in [0.2, 0.25) is 0 Å². The molecule has 18 atom stereocenters. The molecule has 0 aliphatic heterocycles. The smallest absolute Gasteiger partial charge is 0.140 e. The van der Waals surface area contributed by atoms with Crippen LogP contribution in [-0.2, 0) is 4.79 Å². The summed E-state index contributed by atoms with van der Waals surface area (Å²) in [6.07, 6.45) is 28.0. The molecule has 0 saturated heterocycles. The topological polar surface area (TPSA) is 57.5 Å². The molecule has 8 aliphatic carbocycles. The number of Topliss-reactive ketones (excluding diaryl/α,β-unsaturated/α-hetero) is 1. The van der Waals surface area contributed by atoms with E-state index in [0.29, 0.717) is 53.1 Å². The Bertz CT molecular complexity index is 1440. The van der Waals surface area contributed by atoms with Gasteiger partial charge >= 0.3 is 0 Å². The van der Waals surface area contributed by atoms with E-state index in [1.54, 1.807) is 0 Å². The third kappa shape index (κ3) is 7.05. The summed E-state index contributed by atoms with van der Waals surface area (Å²) in [7, 11) is 0. The summed E-state index contributed by atoms with van der Waals surface area (Å²) in [5.41, 5.74) is 3.27. The second-order valence-corrected chi connectivity index (χ2v) is 25.0. The first kappa shape index (κ1) is 43.7. The minimum absolute atomic E-state index is 0.156. The molecular weight excluding hydrogens is 709 g/mol. The Morgan fingerprint density at radius 2 is 0.983 bits per heavy atom. The molecule has 0 bridgehead atoms. The molecular formula is C55H90O3. The molecule has 8 aliphatic rings.